The standard InChI is InChI=1S/C24H17NS2/c1-2-8-17(9-3-1)26-23-12-6-7-13-24(23)27-18-14-15-22-20(16-18)19-10-4-5-11-21(19)25-22/h1-16,25H. The quantitative estimate of drug-likeness (QED) is 0.343. The van der Waals surface area contributed by atoms with Gasteiger partial charge in [-0.15, -0.1) is 0 Å². The maximum absolute atomic E-state index is 3.50. The highest BCUT2D eigenvalue weighted by molar-refractivity contribution is 8.02. The number of nitrogens with one attached hydrogen (secondary N) is 1. The van der Waals surface area contributed by atoms with Crippen LogP contribution in [0.2, 0.25) is 0 Å². The SMILES string of the molecule is c1ccc(Sc2ccccc2Sc2ccc3[nH]c4ccccc4c3c2)cc1. The first-order chi connectivity index (χ1) is 13.4. The van der Waals surface area contributed by atoms with Crippen molar-refractivity contribution in [3.63, 3.8) is 0 Å². The third-order valence-corrected chi connectivity index (χ3v) is 6.80. The van der Waals surface area contributed by atoms with E-state index in [4.69, 9.17) is 0 Å². The van der Waals surface area contributed by atoms with Gasteiger partial charge in [0.1, 0.15) is 0 Å². The molecular weight excluding hydrogens is 366 g/mol. The molecule has 0 spiro atoms. The van der Waals surface area contributed by atoms with E-state index in [-0.39, 0.29) is 0 Å². The van der Waals surface area contributed by atoms with Crippen molar-refractivity contribution in [2.75, 3.05) is 0 Å². The highest BCUT2D eigenvalue weighted by atomic mass is 32.2. The Morgan fingerprint density at radius 1 is 0.481 bits per heavy atom. The van der Waals surface area contributed by atoms with E-state index in [0.717, 1.165) is 0 Å². The van der Waals surface area contributed by atoms with Gasteiger partial charge in [-0.2, -0.15) is 0 Å². The minimum absolute atomic E-state index is 1.19. The third kappa shape index (κ3) is 3.36. The topological polar surface area (TPSA) is 15.8 Å². The number of para-hydroxylation sites is 1. The molecule has 1 N–H and O–H groups in total. The molecule has 0 saturated carbocycles. The average molecular weight is 384 g/mol. The van der Waals surface area contributed by atoms with E-state index < -0.39 is 0 Å². The van der Waals surface area contributed by atoms with Gasteiger partial charge in [-0.05, 0) is 48.5 Å². The van der Waals surface area contributed by atoms with Gasteiger partial charge >= 0.3 is 0 Å². The number of fused-ring (bicyclic) bond motifs is 3. The molecule has 5 rings (SSSR count). The number of aromatic nitrogens is 1. The molecule has 0 fully saturated rings. The van der Waals surface area contributed by atoms with E-state index in [1.807, 2.05) is 23.5 Å². The first-order valence-corrected chi connectivity index (χ1v) is 10.5. The fourth-order valence-corrected chi connectivity index (χ4v) is 5.25. The minimum Gasteiger partial charge on any atom is -0.355 e. The maximum atomic E-state index is 3.50. The van der Waals surface area contributed by atoms with Crippen molar-refractivity contribution < 1.29 is 0 Å². The number of H-pyrrole nitrogens is 1. The number of benzene rings is 4. The Kier molecular flexibility index (Phi) is 4.40. The van der Waals surface area contributed by atoms with E-state index in [1.165, 1.54) is 41.4 Å². The molecule has 1 heterocycles. The van der Waals surface area contributed by atoms with E-state index >= 15 is 0 Å². The highest BCUT2D eigenvalue weighted by Crippen LogP contribution is 2.39. The van der Waals surface area contributed by atoms with Crippen LogP contribution in [-0.4, -0.2) is 4.98 Å². The molecule has 0 aliphatic carbocycles. The number of rotatable bonds is 4. The summed E-state index contributed by atoms with van der Waals surface area (Å²) in [5.74, 6) is 0. The van der Waals surface area contributed by atoms with Crippen LogP contribution in [0, 0.1) is 0 Å². The van der Waals surface area contributed by atoms with Crippen LogP contribution in [0.4, 0.5) is 0 Å². The van der Waals surface area contributed by atoms with Crippen molar-refractivity contribution in [2.24, 2.45) is 0 Å². The van der Waals surface area contributed by atoms with Crippen LogP contribution in [0.3, 0.4) is 0 Å². The van der Waals surface area contributed by atoms with Gasteiger partial charge in [0.2, 0.25) is 0 Å². The normalized spacial score (nSPS) is 11.3. The van der Waals surface area contributed by atoms with Gasteiger partial charge in [-0.25, -0.2) is 0 Å². The van der Waals surface area contributed by atoms with E-state index in [0.29, 0.717) is 0 Å². The minimum atomic E-state index is 1.19. The molecule has 0 atom stereocenters. The second-order valence-electron chi connectivity index (χ2n) is 6.34. The van der Waals surface area contributed by atoms with Gasteiger partial charge in [-0.3, -0.25) is 0 Å². The van der Waals surface area contributed by atoms with Gasteiger partial charge in [0.25, 0.3) is 0 Å². The molecule has 1 aromatic heterocycles. The highest BCUT2D eigenvalue weighted by Gasteiger charge is 2.09. The molecule has 0 unspecified atom stereocenters. The molecule has 0 aliphatic heterocycles. The zero-order valence-corrected chi connectivity index (χ0v) is 16.2. The van der Waals surface area contributed by atoms with E-state index in [2.05, 4.69) is 102 Å². The molecule has 5 aromatic rings. The van der Waals surface area contributed by atoms with Crippen molar-refractivity contribution in [2.45, 2.75) is 19.6 Å². The molecule has 130 valence electrons. The summed E-state index contributed by atoms with van der Waals surface area (Å²) in [4.78, 5) is 8.59. The van der Waals surface area contributed by atoms with Gasteiger partial charge in [0.15, 0.2) is 0 Å². The van der Waals surface area contributed by atoms with Gasteiger partial charge in [0.05, 0.1) is 0 Å². The molecule has 3 heteroatoms. The smallest absolute Gasteiger partial charge is 0.0465 e. The lowest BCUT2D eigenvalue weighted by Crippen LogP contribution is -1.80. The predicted octanol–water partition coefficient (Wildman–Crippen LogP) is 7.62. The van der Waals surface area contributed by atoms with Crippen molar-refractivity contribution in [3.8, 4) is 0 Å². The summed E-state index contributed by atoms with van der Waals surface area (Å²) in [6, 6.07) is 34.3. The molecule has 0 saturated heterocycles. The summed E-state index contributed by atoms with van der Waals surface area (Å²) in [6.07, 6.45) is 0. The largest absolute Gasteiger partial charge is 0.355 e. The first kappa shape index (κ1) is 16.5. The Hall–Kier alpha value is -2.62. The zero-order valence-electron chi connectivity index (χ0n) is 14.6. The summed E-state index contributed by atoms with van der Waals surface area (Å²) in [5.41, 5.74) is 2.38. The van der Waals surface area contributed by atoms with E-state index in [9.17, 15) is 0 Å². The lowest BCUT2D eigenvalue weighted by atomic mass is 10.1. The van der Waals surface area contributed by atoms with Crippen LogP contribution >= 0.6 is 23.5 Å². The van der Waals surface area contributed by atoms with Crippen LogP contribution < -0.4 is 0 Å². The molecule has 0 bridgehead atoms. The summed E-state index contributed by atoms with van der Waals surface area (Å²) in [6.45, 7) is 0. The van der Waals surface area contributed by atoms with Gasteiger partial charge in [0, 0.05) is 41.4 Å². The average Bonchev–Trinajstić information content (AvgIpc) is 3.08. The molecule has 1 nitrogen and oxygen atoms in total. The Morgan fingerprint density at radius 3 is 1.93 bits per heavy atom. The second kappa shape index (κ2) is 7.18. The fourth-order valence-electron chi connectivity index (χ4n) is 3.25. The summed E-state index contributed by atoms with van der Waals surface area (Å²) >= 11 is 3.64. The summed E-state index contributed by atoms with van der Waals surface area (Å²) in [5, 5.41) is 2.56. The molecule has 27 heavy (non-hydrogen) atoms. The Labute approximate surface area is 166 Å². The fraction of sp³-hybridized carbons (Fsp3) is 0. The van der Waals surface area contributed by atoms with Crippen LogP contribution in [0.25, 0.3) is 21.8 Å². The lowest BCUT2D eigenvalue weighted by Gasteiger charge is -2.09. The van der Waals surface area contributed by atoms with Crippen molar-refractivity contribution in [1.29, 1.82) is 0 Å². The van der Waals surface area contributed by atoms with E-state index in [1.54, 1.807) is 0 Å². The number of hydrogen-bond donors (Lipinski definition) is 1. The van der Waals surface area contributed by atoms with Crippen molar-refractivity contribution >= 4 is 45.3 Å². The van der Waals surface area contributed by atoms with Crippen LogP contribution in [0.15, 0.2) is 117 Å². The van der Waals surface area contributed by atoms with Gasteiger partial charge in [-0.1, -0.05) is 72.1 Å². The summed E-state index contributed by atoms with van der Waals surface area (Å²) in [7, 11) is 0. The van der Waals surface area contributed by atoms with Crippen molar-refractivity contribution in [1.82, 2.24) is 4.98 Å². The Morgan fingerprint density at radius 2 is 1.11 bits per heavy atom. The first-order valence-electron chi connectivity index (χ1n) is 8.87. The molecule has 0 aliphatic rings. The monoisotopic (exact) mass is 383 g/mol. The molecule has 0 amide bonds. The van der Waals surface area contributed by atoms with Crippen LogP contribution in [0.1, 0.15) is 0 Å². The van der Waals surface area contributed by atoms with Crippen LogP contribution in [0.5, 0.6) is 0 Å². The van der Waals surface area contributed by atoms with Crippen molar-refractivity contribution in [3.05, 3.63) is 97.1 Å². The Bertz CT molecular complexity index is 1230. The summed E-state index contributed by atoms with van der Waals surface area (Å²) < 4.78 is 0. The number of aromatic amines is 1. The predicted molar refractivity (Wildman–Crippen MR) is 117 cm³/mol. The lowest BCUT2D eigenvalue weighted by molar-refractivity contribution is 1.24. The Balaban J connectivity index is 1.51. The van der Waals surface area contributed by atoms with Gasteiger partial charge < -0.3 is 4.98 Å². The van der Waals surface area contributed by atoms with Crippen LogP contribution in [-0.2, 0) is 0 Å². The molecule has 0 radical (unpaired) electrons. The third-order valence-electron chi connectivity index (χ3n) is 4.53. The zero-order chi connectivity index (χ0) is 18.1. The maximum Gasteiger partial charge on any atom is 0.0465 e. The molecular formula is C24H17NS2. The molecule has 4 aromatic carbocycles. The number of hydrogen-bond acceptors (Lipinski definition) is 2. The second-order valence-corrected chi connectivity index (χ2v) is 8.57.